The molecule has 1 aliphatic heterocycles. The zero-order valence-corrected chi connectivity index (χ0v) is 12.4. The van der Waals surface area contributed by atoms with E-state index in [0.717, 1.165) is 30.2 Å². The Morgan fingerprint density at radius 1 is 1.35 bits per heavy atom. The Hall–Kier alpha value is -1.69. The minimum Gasteiger partial charge on any atom is -0.370 e. The third-order valence-electron chi connectivity index (χ3n) is 3.20. The van der Waals surface area contributed by atoms with Gasteiger partial charge < -0.3 is 16.0 Å². The van der Waals surface area contributed by atoms with Crippen LogP contribution in [0, 0.1) is 0 Å². The number of amides is 1. The van der Waals surface area contributed by atoms with E-state index in [1.807, 2.05) is 23.9 Å². The van der Waals surface area contributed by atoms with Crippen LogP contribution in [0.25, 0.3) is 0 Å². The fourth-order valence-electron chi connectivity index (χ4n) is 1.97. The molecule has 0 bridgehead atoms. The highest BCUT2D eigenvalue weighted by atomic mass is 32.2. The van der Waals surface area contributed by atoms with E-state index in [9.17, 15) is 4.79 Å². The number of guanidine groups is 1. The molecule has 0 unspecified atom stereocenters. The van der Waals surface area contributed by atoms with Crippen LogP contribution in [0.5, 0.6) is 0 Å². The molecule has 6 heteroatoms. The molecule has 108 valence electrons. The van der Waals surface area contributed by atoms with Crippen molar-refractivity contribution in [2.45, 2.75) is 6.54 Å². The van der Waals surface area contributed by atoms with Crippen LogP contribution in [0.2, 0.25) is 0 Å². The van der Waals surface area contributed by atoms with Crippen molar-refractivity contribution in [3.63, 3.8) is 0 Å². The molecule has 1 aromatic carbocycles. The third kappa shape index (κ3) is 3.90. The first-order chi connectivity index (χ1) is 9.70. The smallest absolute Gasteiger partial charge is 0.251 e. The molecule has 0 radical (unpaired) electrons. The van der Waals surface area contributed by atoms with Crippen LogP contribution in [0.4, 0.5) is 0 Å². The van der Waals surface area contributed by atoms with Crippen molar-refractivity contribution in [2.75, 3.05) is 31.6 Å². The first-order valence-electron chi connectivity index (χ1n) is 6.64. The number of carbonyl (C=O) groups is 1. The highest BCUT2D eigenvalue weighted by Crippen LogP contribution is 2.10. The van der Waals surface area contributed by atoms with E-state index in [4.69, 9.17) is 5.73 Å². The number of thioether (sulfide) groups is 1. The number of nitrogens with two attached hydrogens (primary N) is 1. The molecule has 5 nitrogen and oxygen atoms in total. The number of nitrogens with one attached hydrogen (secondary N) is 1. The minimum atomic E-state index is -0.0784. The number of rotatable bonds is 3. The minimum absolute atomic E-state index is 0.0784. The second-order valence-electron chi connectivity index (χ2n) is 4.55. The molecule has 0 atom stereocenters. The standard InChI is InChI=1S/C14H20N4OS/c1-16-13(19)12-4-2-11(3-5-12)10-17-14(15)18-6-8-20-9-7-18/h2-5H,6-10H2,1H3,(H2,15,17)(H,16,19). The van der Waals surface area contributed by atoms with Gasteiger partial charge in [-0.2, -0.15) is 11.8 Å². The van der Waals surface area contributed by atoms with Crippen molar-refractivity contribution in [1.29, 1.82) is 0 Å². The summed E-state index contributed by atoms with van der Waals surface area (Å²) >= 11 is 1.95. The van der Waals surface area contributed by atoms with Gasteiger partial charge in [-0.15, -0.1) is 0 Å². The quantitative estimate of drug-likeness (QED) is 0.642. The second-order valence-corrected chi connectivity index (χ2v) is 5.77. The van der Waals surface area contributed by atoms with E-state index in [2.05, 4.69) is 15.2 Å². The number of hydrogen-bond acceptors (Lipinski definition) is 3. The molecule has 1 aliphatic rings. The monoisotopic (exact) mass is 292 g/mol. The summed E-state index contributed by atoms with van der Waals surface area (Å²) in [5.41, 5.74) is 7.70. The SMILES string of the molecule is CNC(=O)c1ccc(CN=C(N)N2CCSCC2)cc1. The molecule has 0 aromatic heterocycles. The van der Waals surface area contributed by atoms with Gasteiger partial charge in [-0.05, 0) is 17.7 Å². The van der Waals surface area contributed by atoms with Crippen molar-refractivity contribution in [1.82, 2.24) is 10.2 Å². The van der Waals surface area contributed by atoms with Gasteiger partial charge in [0.1, 0.15) is 0 Å². The summed E-state index contributed by atoms with van der Waals surface area (Å²) in [5, 5.41) is 2.60. The highest BCUT2D eigenvalue weighted by Gasteiger charge is 2.11. The first kappa shape index (κ1) is 14.7. The number of hydrogen-bond donors (Lipinski definition) is 2. The molecule has 1 fully saturated rings. The van der Waals surface area contributed by atoms with Crippen LogP contribution < -0.4 is 11.1 Å². The van der Waals surface area contributed by atoms with Crippen LogP contribution in [0.15, 0.2) is 29.3 Å². The molecular formula is C14H20N4OS. The molecule has 2 rings (SSSR count). The molecule has 1 saturated heterocycles. The molecule has 1 heterocycles. The molecule has 0 saturated carbocycles. The Bertz CT molecular complexity index is 480. The van der Waals surface area contributed by atoms with E-state index < -0.39 is 0 Å². The van der Waals surface area contributed by atoms with Crippen LogP contribution >= 0.6 is 11.8 Å². The molecule has 3 N–H and O–H groups in total. The molecule has 0 aliphatic carbocycles. The van der Waals surface area contributed by atoms with Gasteiger partial charge in [0.25, 0.3) is 5.91 Å². The normalized spacial score (nSPS) is 16.1. The maximum atomic E-state index is 11.4. The highest BCUT2D eigenvalue weighted by molar-refractivity contribution is 7.99. The Balaban J connectivity index is 1.94. The third-order valence-corrected chi connectivity index (χ3v) is 4.14. The number of benzene rings is 1. The summed E-state index contributed by atoms with van der Waals surface area (Å²) in [4.78, 5) is 18.0. The van der Waals surface area contributed by atoms with Gasteiger partial charge in [-0.3, -0.25) is 4.79 Å². The predicted octanol–water partition coefficient (Wildman–Crippen LogP) is 0.910. The van der Waals surface area contributed by atoms with Crippen LogP contribution in [-0.4, -0.2) is 48.4 Å². The zero-order valence-electron chi connectivity index (χ0n) is 11.6. The van der Waals surface area contributed by atoms with Crippen LogP contribution in [0.3, 0.4) is 0 Å². The summed E-state index contributed by atoms with van der Waals surface area (Å²) in [7, 11) is 1.62. The molecule has 1 aromatic rings. The maximum Gasteiger partial charge on any atom is 0.251 e. The number of nitrogens with zero attached hydrogens (tertiary/aromatic N) is 2. The fraction of sp³-hybridized carbons (Fsp3) is 0.429. The van der Waals surface area contributed by atoms with Gasteiger partial charge >= 0.3 is 0 Å². The Labute approximate surface area is 123 Å². The topological polar surface area (TPSA) is 70.7 Å². The lowest BCUT2D eigenvalue weighted by molar-refractivity contribution is 0.0963. The first-order valence-corrected chi connectivity index (χ1v) is 7.80. The molecular weight excluding hydrogens is 272 g/mol. The average Bonchev–Trinajstić information content (AvgIpc) is 2.53. The Morgan fingerprint density at radius 2 is 2.00 bits per heavy atom. The van der Waals surface area contributed by atoms with E-state index >= 15 is 0 Å². The van der Waals surface area contributed by atoms with Crippen molar-refractivity contribution in [2.24, 2.45) is 10.7 Å². The second kappa shape index (κ2) is 7.19. The molecule has 1 amide bonds. The van der Waals surface area contributed by atoms with Crippen molar-refractivity contribution in [3.05, 3.63) is 35.4 Å². The Morgan fingerprint density at radius 3 is 2.60 bits per heavy atom. The summed E-state index contributed by atoms with van der Waals surface area (Å²) in [6.07, 6.45) is 0. The van der Waals surface area contributed by atoms with Gasteiger partial charge in [-0.1, -0.05) is 12.1 Å². The maximum absolute atomic E-state index is 11.4. The van der Waals surface area contributed by atoms with Crippen molar-refractivity contribution < 1.29 is 4.79 Å². The van der Waals surface area contributed by atoms with E-state index in [1.54, 1.807) is 19.2 Å². The van der Waals surface area contributed by atoms with Crippen molar-refractivity contribution in [3.8, 4) is 0 Å². The summed E-state index contributed by atoms with van der Waals surface area (Å²) in [6, 6.07) is 7.43. The average molecular weight is 292 g/mol. The largest absolute Gasteiger partial charge is 0.370 e. The van der Waals surface area contributed by atoms with Gasteiger partial charge in [-0.25, -0.2) is 4.99 Å². The Kier molecular flexibility index (Phi) is 5.29. The van der Waals surface area contributed by atoms with Crippen molar-refractivity contribution >= 4 is 23.6 Å². The lowest BCUT2D eigenvalue weighted by Crippen LogP contribution is -2.42. The predicted molar refractivity (Wildman–Crippen MR) is 84.1 cm³/mol. The van der Waals surface area contributed by atoms with Gasteiger partial charge in [0.2, 0.25) is 0 Å². The van der Waals surface area contributed by atoms with Gasteiger partial charge in [0, 0.05) is 37.2 Å². The summed E-state index contributed by atoms with van der Waals surface area (Å²) in [5.74, 6) is 2.75. The summed E-state index contributed by atoms with van der Waals surface area (Å²) in [6.45, 7) is 2.48. The van der Waals surface area contributed by atoms with E-state index in [1.165, 1.54) is 0 Å². The van der Waals surface area contributed by atoms with Gasteiger partial charge in [0.05, 0.1) is 6.54 Å². The van der Waals surface area contributed by atoms with Crippen LogP contribution in [-0.2, 0) is 6.54 Å². The number of carbonyl (C=O) groups excluding carboxylic acids is 1. The summed E-state index contributed by atoms with van der Waals surface area (Å²) < 4.78 is 0. The zero-order chi connectivity index (χ0) is 14.4. The molecule has 0 spiro atoms. The van der Waals surface area contributed by atoms with E-state index in [-0.39, 0.29) is 5.91 Å². The molecule has 20 heavy (non-hydrogen) atoms. The van der Waals surface area contributed by atoms with E-state index in [0.29, 0.717) is 18.1 Å². The van der Waals surface area contributed by atoms with Crippen LogP contribution in [0.1, 0.15) is 15.9 Å². The lowest BCUT2D eigenvalue weighted by atomic mass is 10.1. The lowest BCUT2D eigenvalue weighted by Gasteiger charge is -2.27. The van der Waals surface area contributed by atoms with Gasteiger partial charge in [0.15, 0.2) is 5.96 Å². The fourth-order valence-corrected chi connectivity index (χ4v) is 2.87. The number of aliphatic imine (C=N–C) groups is 1.